The minimum atomic E-state index is -0.788. The second-order valence-electron chi connectivity index (χ2n) is 9.69. The number of aromatic nitrogens is 3. The van der Waals surface area contributed by atoms with Crippen LogP contribution in [-0.4, -0.2) is 57.5 Å². The maximum absolute atomic E-state index is 14.0. The Morgan fingerprint density at radius 1 is 1.05 bits per heavy atom. The molecule has 38 heavy (non-hydrogen) atoms. The number of carbonyl (C=O) groups excluding carboxylic acids is 2. The van der Waals surface area contributed by atoms with E-state index in [-0.39, 0.29) is 24.5 Å². The molecule has 4 aromatic rings. The van der Waals surface area contributed by atoms with Crippen molar-refractivity contribution in [2.24, 2.45) is 0 Å². The van der Waals surface area contributed by atoms with Crippen LogP contribution in [0.2, 0.25) is 0 Å². The number of hydrogen-bond donors (Lipinski definition) is 1. The predicted molar refractivity (Wildman–Crippen MR) is 145 cm³/mol. The number of aryl methyl sites for hydroxylation is 1. The lowest BCUT2D eigenvalue weighted by atomic mass is 10.0. The summed E-state index contributed by atoms with van der Waals surface area (Å²) < 4.78 is 7.31. The lowest BCUT2D eigenvalue weighted by molar-refractivity contribution is -0.141. The molecule has 1 aliphatic heterocycles. The third-order valence-electron chi connectivity index (χ3n) is 7.11. The summed E-state index contributed by atoms with van der Waals surface area (Å²) in [6.45, 7) is 3.57. The summed E-state index contributed by atoms with van der Waals surface area (Å²) in [6.07, 6.45) is 2.55. The van der Waals surface area contributed by atoms with E-state index in [1.54, 1.807) is 9.58 Å². The smallest absolute Gasteiger partial charge is 0.247 e. The van der Waals surface area contributed by atoms with E-state index < -0.39 is 6.04 Å². The van der Waals surface area contributed by atoms with Crippen LogP contribution in [0.3, 0.4) is 0 Å². The van der Waals surface area contributed by atoms with E-state index in [0.29, 0.717) is 19.5 Å². The topological polar surface area (TPSA) is 89.4 Å². The summed E-state index contributed by atoms with van der Waals surface area (Å²) in [4.78, 5) is 29.4. The molecule has 2 heterocycles. The Hall–Kier alpha value is -4.04. The number of rotatable bonds is 10. The quantitative estimate of drug-likeness (QED) is 0.349. The van der Waals surface area contributed by atoms with Crippen molar-refractivity contribution in [2.45, 2.75) is 44.9 Å². The molecule has 0 bridgehead atoms. The third-order valence-corrected chi connectivity index (χ3v) is 7.11. The number of ether oxygens (including phenoxy) is 1. The van der Waals surface area contributed by atoms with Gasteiger partial charge in [-0.15, -0.1) is 5.10 Å². The molecule has 0 saturated carbocycles. The van der Waals surface area contributed by atoms with Gasteiger partial charge >= 0.3 is 0 Å². The Bertz CT molecular complexity index is 1380. The van der Waals surface area contributed by atoms with Gasteiger partial charge in [0.25, 0.3) is 0 Å². The molecular weight excluding hydrogens is 478 g/mol. The van der Waals surface area contributed by atoms with Crippen LogP contribution in [0.4, 0.5) is 0 Å². The molecule has 0 spiro atoms. The summed E-state index contributed by atoms with van der Waals surface area (Å²) in [6, 6.07) is 24.4. The van der Waals surface area contributed by atoms with Gasteiger partial charge in [0, 0.05) is 19.7 Å². The normalized spacial score (nSPS) is 15.9. The number of fused-ring (bicyclic) bond motifs is 1. The van der Waals surface area contributed by atoms with Crippen LogP contribution in [-0.2, 0) is 27.3 Å². The van der Waals surface area contributed by atoms with E-state index in [2.05, 4.69) is 34.7 Å². The van der Waals surface area contributed by atoms with Gasteiger partial charge in [-0.3, -0.25) is 9.59 Å². The summed E-state index contributed by atoms with van der Waals surface area (Å²) in [7, 11) is 0. The van der Waals surface area contributed by atoms with Crippen LogP contribution in [0.15, 0.2) is 78.9 Å². The van der Waals surface area contributed by atoms with Crippen molar-refractivity contribution in [3.8, 4) is 0 Å². The number of nitrogens with one attached hydrogen (secondary N) is 1. The highest BCUT2D eigenvalue weighted by molar-refractivity contribution is 5.89. The molecule has 8 heteroatoms. The van der Waals surface area contributed by atoms with Crippen LogP contribution < -0.4 is 5.32 Å². The van der Waals surface area contributed by atoms with E-state index in [9.17, 15) is 9.59 Å². The van der Waals surface area contributed by atoms with Crippen molar-refractivity contribution in [3.05, 3.63) is 95.6 Å². The van der Waals surface area contributed by atoms with Gasteiger partial charge in [0.2, 0.25) is 11.8 Å². The zero-order valence-corrected chi connectivity index (χ0v) is 21.6. The lowest BCUT2D eigenvalue weighted by Gasteiger charge is -2.32. The van der Waals surface area contributed by atoms with Crippen LogP contribution >= 0.6 is 0 Å². The number of para-hydroxylation sites is 1. The number of amides is 2. The fourth-order valence-corrected chi connectivity index (χ4v) is 5.01. The van der Waals surface area contributed by atoms with Crippen molar-refractivity contribution in [1.29, 1.82) is 0 Å². The van der Waals surface area contributed by atoms with Gasteiger partial charge in [-0.2, -0.15) is 0 Å². The molecule has 2 atom stereocenters. The molecule has 1 aromatic heterocycles. The predicted octanol–water partition coefficient (Wildman–Crippen LogP) is 3.85. The Morgan fingerprint density at radius 3 is 2.61 bits per heavy atom. The first kappa shape index (κ1) is 25.6. The maximum Gasteiger partial charge on any atom is 0.247 e. The van der Waals surface area contributed by atoms with E-state index in [1.807, 2.05) is 66.7 Å². The first-order chi connectivity index (χ1) is 18.6. The molecule has 1 aliphatic rings. The molecule has 0 radical (unpaired) electrons. The Balaban J connectivity index is 1.45. The van der Waals surface area contributed by atoms with Crippen molar-refractivity contribution < 1.29 is 14.3 Å². The highest BCUT2D eigenvalue weighted by Gasteiger charge is 2.32. The second kappa shape index (κ2) is 12.0. The van der Waals surface area contributed by atoms with Crippen molar-refractivity contribution in [3.63, 3.8) is 0 Å². The number of hydrogen-bond acceptors (Lipinski definition) is 5. The fraction of sp³-hybridized carbons (Fsp3) is 0.333. The zero-order chi connectivity index (χ0) is 26.3. The average Bonchev–Trinajstić information content (AvgIpc) is 3.61. The molecule has 0 aliphatic carbocycles. The Labute approximate surface area is 222 Å². The number of benzene rings is 3. The van der Waals surface area contributed by atoms with Gasteiger partial charge in [0.05, 0.1) is 11.6 Å². The van der Waals surface area contributed by atoms with E-state index >= 15 is 0 Å². The first-order valence-corrected chi connectivity index (χ1v) is 13.2. The van der Waals surface area contributed by atoms with Crippen LogP contribution in [0, 0.1) is 6.92 Å². The highest BCUT2D eigenvalue weighted by Crippen LogP contribution is 2.24. The maximum atomic E-state index is 14.0. The molecule has 2 amide bonds. The molecule has 3 aromatic carbocycles. The summed E-state index contributed by atoms with van der Waals surface area (Å²) in [5.74, 6) is -0.413. The zero-order valence-electron chi connectivity index (χ0n) is 21.6. The number of nitrogens with zero attached hydrogens (tertiary/aromatic N) is 4. The number of carbonyl (C=O) groups is 2. The largest absolute Gasteiger partial charge is 0.376 e. The van der Waals surface area contributed by atoms with Gasteiger partial charge in [-0.25, -0.2) is 4.68 Å². The van der Waals surface area contributed by atoms with Gasteiger partial charge in [0.15, 0.2) is 0 Å². The van der Waals surface area contributed by atoms with Crippen molar-refractivity contribution in [1.82, 2.24) is 25.2 Å². The lowest BCUT2D eigenvalue weighted by Crippen LogP contribution is -2.47. The van der Waals surface area contributed by atoms with Crippen LogP contribution in [0.5, 0.6) is 0 Å². The molecule has 1 fully saturated rings. The summed E-state index contributed by atoms with van der Waals surface area (Å²) in [5.41, 5.74) is 4.56. The summed E-state index contributed by atoms with van der Waals surface area (Å²) in [5, 5.41) is 11.5. The van der Waals surface area contributed by atoms with Gasteiger partial charge in [0.1, 0.15) is 18.1 Å². The standard InChI is InChI=1S/C30H33N5O3/c1-22-10-5-6-11-23(22)17-18-34(28(36)21-35-27-16-8-7-15-26(27)32-33-35)29(24-12-3-2-4-13-24)30(37)31-20-25-14-9-19-38-25/h2-8,10-13,15-16,25,29H,9,14,17-21H2,1H3,(H,31,37)/t25-,29-/m0/s1. The third kappa shape index (κ3) is 5.92. The van der Waals surface area contributed by atoms with Crippen molar-refractivity contribution >= 4 is 22.8 Å². The molecule has 196 valence electrons. The molecule has 8 nitrogen and oxygen atoms in total. The van der Waals surface area contributed by atoms with E-state index in [1.165, 1.54) is 0 Å². The van der Waals surface area contributed by atoms with Crippen molar-refractivity contribution in [2.75, 3.05) is 19.7 Å². The van der Waals surface area contributed by atoms with Crippen LogP contribution in [0.1, 0.15) is 35.6 Å². The molecule has 1 N–H and O–H groups in total. The monoisotopic (exact) mass is 511 g/mol. The Morgan fingerprint density at radius 2 is 1.82 bits per heavy atom. The SMILES string of the molecule is Cc1ccccc1CCN(C(=O)Cn1nnc2ccccc21)[C@H](C(=O)NC[C@@H]1CCCO1)c1ccccc1. The van der Waals surface area contributed by atoms with Gasteiger partial charge in [-0.1, -0.05) is 71.9 Å². The van der Waals surface area contributed by atoms with E-state index in [4.69, 9.17) is 4.74 Å². The Kier molecular flexibility index (Phi) is 8.09. The molecule has 0 unspecified atom stereocenters. The summed E-state index contributed by atoms with van der Waals surface area (Å²) >= 11 is 0. The highest BCUT2D eigenvalue weighted by atomic mass is 16.5. The van der Waals surface area contributed by atoms with Gasteiger partial charge < -0.3 is 15.0 Å². The minimum Gasteiger partial charge on any atom is -0.376 e. The van der Waals surface area contributed by atoms with Crippen LogP contribution in [0.25, 0.3) is 11.0 Å². The van der Waals surface area contributed by atoms with Gasteiger partial charge in [-0.05, 0) is 55.0 Å². The average molecular weight is 512 g/mol. The fourth-order valence-electron chi connectivity index (χ4n) is 5.01. The molecule has 1 saturated heterocycles. The van der Waals surface area contributed by atoms with E-state index in [0.717, 1.165) is 47.2 Å². The second-order valence-corrected chi connectivity index (χ2v) is 9.69. The first-order valence-electron chi connectivity index (χ1n) is 13.2. The minimum absolute atomic E-state index is 0.00741. The molecular formula is C30H33N5O3. The molecule has 5 rings (SSSR count).